The largest absolute Gasteiger partial charge is 0.497 e. The first-order valence-electron chi connectivity index (χ1n) is 6.44. The summed E-state index contributed by atoms with van der Waals surface area (Å²) in [6, 6.07) is 5.31. The lowest BCUT2D eigenvalue weighted by Gasteiger charge is -2.12. The summed E-state index contributed by atoms with van der Waals surface area (Å²) in [5, 5.41) is 3.95. The molecule has 0 bridgehead atoms. The van der Waals surface area contributed by atoms with E-state index >= 15 is 0 Å². The number of ether oxygens (including phenoxy) is 2. The molecule has 21 heavy (non-hydrogen) atoms. The number of anilines is 1. The van der Waals surface area contributed by atoms with Crippen LogP contribution in [0.4, 0.5) is 5.69 Å². The molecule has 114 valence electrons. The van der Waals surface area contributed by atoms with Crippen LogP contribution < -0.4 is 14.8 Å². The predicted octanol–water partition coefficient (Wildman–Crippen LogP) is 1.38. The highest BCUT2D eigenvalue weighted by atomic mass is 32.2. The van der Waals surface area contributed by atoms with E-state index < -0.39 is 9.84 Å². The number of fused-ring (bicyclic) bond motifs is 1. The van der Waals surface area contributed by atoms with Gasteiger partial charge in [0.2, 0.25) is 0 Å². The number of amidine groups is 1. The highest BCUT2D eigenvalue weighted by molar-refractivity contribution is 8.15. The minimum atomic E-state index is -2.93. The number of hydrogen-bond acceptors (Lipinski definition) is 7. The van der Waals surface area contributed by atoms with Crippen molar-refractivity contribution < 1.29 is 17.9 Å². The Kier molecular flexibility index (Phi) is 3.75. The Morgan fingerprint density at radius 2 is 2.10 bits per heavy atom. The van der Waals surface area contributed by atoms with Crippen molar-refractivity contribution in [3.63, 3.8) is 0 Å². The molecular weight excluding hydrogens is 312 g/mol. The quantitative estimate of drug-likeness (QED) is 0.903. The first-order chi connectivity index (χ1) is 10.0. The fourth-order valence-electron chi connectivity index (χ4n) is 2.44. The molecule has 2 heterocycles. The van der Waals surface area contributed by atoms with Crippen molar-refractivity contribution in [1.29, 1.82) is 0 Å². The number of nitrogens with one attached hydrogen (secondary N) is 1. The second-order valence-electron chi connectivity index (χ2n) is 4.93. The van der Waals surface area contributed by atoms with Gasteiger partial charge in [-0.05, 0) is 12.1 Å². The van der Waals surface area contributed by atoms with Crippen molar-refractivity contribution >= 4 is 32.5 Å². The number of hydrogen-bond donors (Lipinski definition) is 1. The average Bonchev–Trinajstić information content (AvgIpc) is 2.91. The maximum absolute atomic E-state index is 11.6. The number of methoxy groups -OCH3 is 2. The fourth-order valence-corrected chi connectivity index (χ4v) is 6.11. The van der Waals surface area contributed by atoms with Gasteiger partial charge >= 0.3 is 0 Å². The molecule has 0 saturated carbocycles. The molecular formula is C13H16N2O4S2. The summed E-state index contributed by atoms with van der Waals surface area (Å²) in [4.78, 5) is 4.46. The van der Waals surface area contributed by atoms with Crippen LogP contribution in [0.15, 0.2) is 23.2 Å². The Balaban J connectivity index is 1.79. The van der Waals surface area contributed by atoms with Crippen LogP contribution in [0.25, 0.3) is 0 Å². The van der Waals surface area contributed by atoms with Crippen LogP contribution in [0, 0.1) is 0 Å². The molecule has 2 aliphatic rings. The van der Waals surface area contributed by atoms with Gasteiger partial charge in [-0.2, -0.15) is 0 Å². The van der Waals surface area contributed by atoms with E-state index in [1.165, 1.54) is 11.8 Å². The summed E-state index contributed by atoms with van der Waals surface area (Å²) in [6.45, 7) is 0. The van der Waals surface area contributed by atoms with Gasteiger partial charge in [-0.3, -0.25) is 4.99 Å². The molecule has 0 aliphatic carbocycles. The van der Waals surface area contributed by atoms with Crippen LogP contribution in [0.3, 0.4) is 0 Å². The first kappa shape index (κ1) is 14.5. The zero-order valence-corrected chi connectivity index (χ0v) is 13.3. The topological polar surface area (TPSA) is 77.0 Å². The minimum absolute atomic E-state index is 0.0223. The normalized spacial score (nSPS) is 26.1. The van der Waals surface area contributed by atoms with Gasteiger partial charge in [0.1, 0.15) is 11.5 Å². The average molecular weight is 328 g/mol. The molecule has 0 aromatic heterocycles. The van der Waals surface area contributed by atoms with Crippen LogP contribution in [-0.4, -0.2) is 50.6 Å². The molecule has 1 saturated heterocycles. The number of benzene rings is 1. The summed E-state index contributed by atoms with van der Waals surface area (Å²) < 4.78 is 33.6. The number of aliphatic imine (C=N–C) groups is 1. The smallest absolute Gasteiger partial charge is 0.161 e. The Morgan fingerprint density at radius 3 is 2.76 bits per heavy atom. The Hall–Kier alpha value is -1.41. The summed E-state index contributed by atoms with van der Waals surface area (Å²) >= 11 is 1.47. The monoisotopic (exact) mass is 328 g/mol. The van der Waals surface area contributed by atoms with Crippen LogP contribution in [0.1, 0.15) is 0 Å². The lowest BCUT2D eigenvalue weighted by atomic mass is 10.2. The zero-order chi connectivity index (χ0) is 15.0. The van der Waals surface area contributed by atoms with Gasteiger partial charge in [0.05, 0.1) is 37.5 Å². The van der Waals surface area contributed by atoms with Gasteiger partial charge in [0, 0.05) is 11.3 Å². The fraction of sp³-hybridized carbons (Fsp3) is 0.462. The van der Waals surface area contributed by atoms with Crippen molar-refractivity contribution in [2.24, 2.45) is 4.99 Å². The van der Waals surface area contributed by atoms with Crippen molar-refractivity contribution in [3.8, 4) is 11.5 Å². The molecule has 0 amide bonds. The Morgan fingerprint density at radius 1 is 1.29 bits per heavy atom. The molecule has 1 fully saturated rings. The van der Waals surface area contributed by atoms with Gasteiger partial charge in [-0.1, -0.05) is 11.8 Å². The van der Waals surface area contributed by atoms with E-state index in [0.717, 1.165) is 10.9 Å². The van der Waals surface area contributed by atoms with E-state index in [0.29, 0.717) is 11.5 Å². The van der Waals surface area contributed by atoms with Gasteiger partial charge < -0.3 is 14.8 Å². The molecule has 1 aromatic carbocycles. The lowest BCUT2D eigenvalue weighted by Crippen LogP contribution is -2.13. The van der Waals surface area contributed by atoms with Gasteiger partial charge in [-0.25, -0.2) is 8.42 Å². The third-order valence-corrected chi connectivity index (χ3v) is 6.61. The molecule has 1 N–H and O–H groups in total. The summed E-state index contributed by atoms with van der Waals surface area (Å²) in [5.74, 6) is 1.74. The van der Waals surface area contributed by atoms with Crippen molar-refractivity contribution in [1.82, 2.24) is 0 Å². The standard InChI is InChI=1S/C13H16N2O4S2/c1-18-8-3-4-11(19-2)9(5-8)14-13-15-10-6-21(16,17)7-12(10)20-13/h3-5,10,12H,6-7H2,1-2H3,(H,14,15)/t10-,12-/m0/s1. The van der Waals surface area contributed by atoms with E-state index in [1.807, 2.05) is 18.2 Å². The number of sulfone groups is 1. The third kappa shape index (κ3) is 2.96. The van der Waals surface area contributed by atoms with Crippen LogP contribution in [0.5, 0.6) is 11.5 Å². The SMILES string of the molecule is COc1ccc(OC)c(NC2=N[C@H]3CS(=O)(=O)C[C@@H]3S2)c1. The predicted molar refractivity (Wildman–Crippen MR) is 84.4 cm³/mol. The minimum Gasteiger partial charge on any atom is -0.497 e. The summed E-state index contributed by atoms with van der Waals surface area (Å²) in [6.07, 6.45) is 0. The van der Waals surface area contributed by atoms with Crippen molar-refractivity contribution in [2.45, 2.75) is 11.3 Å². The summed E-state index contributed by atoms with van der Waals surface area (Å²) in [5.41, 5.74) is 0.755. The lowest BCUT2D eigenvalue weighted by molar-refractivity contribution is 0.405. The van der Waals surface area contributed by atoms with E-state index in [1.54, 1.807) is 14.2 Å². The third-order valence-electron chi connectivity index (χ3n) is 3.47. The molecule has 1 aromatic rings. The highest BCUT2D eigenvalue weighted by Crippen LogP contribution is 2.36. The molecule has 0 spiro atoms. The molecule has 2 aliphatic heterocycles. The molecule has 8 heteroatoms. The maximum Gasteiger partial charge on any atom is 0.161 e. The molecule has 6 nitrogen and oxygen atoms in total. The zero-order valence-electron chi connectivity index (χ0n) is 11.7. The van der Waals surface area contributed by atoms with Gasteiger partial charge in [-0.15, -0.1) is 0 Å². The summed E-state index contributed by atoms with van der Waals surface area (Å²) in [7, 11) is 0.269. The van der Waals surface area contributed by atoms with Crippen molar-refractivity contribution in [3.05, 3.63) is 18.2 Å². The number of nitrogens with zero attached hydrogens (tertiary/aromatic N) is 1. The van der Waals surface area contributed by atoms with Crippen LogP contribution in [0.2, 0.25) is 0 Å². The second kappa shape index (κ2) is 5.42. The second-order valence-corrected chi connectivity index (χ2v) is 8.31. The highest BCUT2D eigenvalue weighted by Gasteiger charge is 2.42. The first-order valence-corrected chi connectivity index (χ1v) is 9.15. The molecule has 0 radical (unpaired) electrons. The number of thioether (sulfide) groups is 1. The van der Waals surface area contributed by atoms with Gasteiger partial charge in [0.15, 0.2) is 15.0 Å². The van der Waals surface area contributed by atoms with E-state index in [2.05, 4.69) is 10.3 Å². The number of rotatable bonds is 3. The van der Waals surface area contributed by atoms with Gasteiger partial charge in [0.25, 0.3) is 0 Å². The maximum atomic E-state index is 11.6. The van der Waals surface area contributed by atoms with Crippen LogP contribution >= 0.6 is 11.8 Å². The molecule has 0 unspecified atom stereocenters. The van der Waals surface area contributed by atoms with E-state index in [-0.39, 0.29) is 22.8 Å². The van der Waals surface area contributed by atoms with Crippen molar-refractivity contribution in [2.75, 3.05) is 31.0 Å². The molecule has 2 atom stereocenters. The van der Waals surface area contributed by atoms with E-state index in [9.17, 15) is 8.42 Å². The molecule has 3 rings (SSSR count). The van der Waals surface area contributed by atoms with E-state index in [4.69, 9.17) is 9.47 Å². The van der Waals surface area contributed by atoms with Crippen LogP contribution in [-0.2, 0) is 9.84 Å². The Bertz CT molecular complexity index is 687. The Labute approximate surface area is 127 Å².